The summed E-state index contributed by atoms with van der Waals surface area (Å²) in [4.78, 5) is 13.6. The molecule has 1 saturated heterocycles. The van der Waals surface area contributed by atoms with Crippen LogP contribution in [0.3, 0.4) is 0 Å². The summed E-state index contributed by atoms with van der Waals surface area (Å²) in [6.07, 6.45) is 3.36. The van der Waals surface area contributed by atoms with Crippen LogP contribution >= 0.6 is 0 Å². The first-order valence-electron chi connectivity index (χ1n) is 6.11. The molecule has 16 heavy (non-hydrogen) atoms. The van der Waals surface area contributed by atoms with Gasteiger partial charge in [0, 0.05) is 25.0 Å². The van der Waals surface area contributed by atoms with Gasteiger partial charge in [-0.1, -0.05) is 18.7 Å². The Morgan fingerprint density at radius 3 is 2.69 bits per heavy atom. The SMILES string of the molecule is [B]C1(C)CCC2C(CCC(=O)N2C)C1(C)N. The predicted octanol–water partition coefficient (Wildman–Crippen LogP) is 1.08. The van der Waals surface area contributed by atoms with Gasteiger partial charge in [0.15, 0.2) is 0 Å². The van der Waals surface area contributed by atoms with E-state index in [0.717, 1.165) is 19.3 Å². The third kappa shape index (κ3) is 1.50. The summed E-state index contributed by atoms with van der Waals surface area (Å²) in [5, 5.41) is -0.324. The Kier molecular flexibility index (Phi) is 2.61. The standard InChI is InChI=1S/C12H21BN2O/c1-11(13)7-6-9-8(12(11,2)14)4-5-10(16)15(9)3/h8-9H,4-7,14H2,1-3H3. The quantitative estimate of drug-likeness (QED) is 0.621. The molecule has 0 aromatic heterocycles. The van der Waals surface area contributed by atoms with Gasteiger partial charge in [0.2, 0.25) is 5.91 Å². The summed E-state index contributed by atoms with van der Waals surface area (Å²) in [6, 6.07) is 0.285. The molecule has 1 saturated carbocycles. The Balaban J connectivity index is 2.29. The summed E-state index contributed by atoms with van der Waals surface area (Å²) in [7, 11) is 8.21. The normalized spacial score (nSPS) is 49.0. The van der Waals surface area contributed by atoms with Gasteiger partial charge in [0.25, 0.3) is 0 Å². The van der Waals surface area contributed by atoms with Crippen LogP contribution < -0.4 is 5.73 Å². The number of carbonyl (C=O) groups is 1. The van der Waals surface area contributed by atoms with Crippen LogP contribution in [-0.2, 0) is 4.79 Å². The molecule has 3 nitrogen and oxygen atoms in total. The molecule has 4 atom stereocenters. The zero-order chi connectivity index (χ0) is 12.1. The molecule has 0 spiro atoms. The first-order chi connectivity index (χ1) is 7.27. The van der Waals surface area contributed by atoms with Gasteiger partial charge in [-0.25, -0.2) is 0 Å². The first kappa shape index (κ1) is 12.0. The molecule has 88 valence electrons. The first-order valence-corrected chi connectivity index (χ1v) is 6.11. The topological polar surface area (TPSA) is 46.3 Å². The third-order valence-electron chi connectivity index (χ3n) is 4.98. The number of nitrogens with zero attached hydrogens (tertiary/aromatic N) is 1. The van der Waals surface area contributed by atoms with Crippen LogP contribution in [0.1, 0.15) is 39.5 Å². The second-order valence-corrected chi connectivity index (χ2v) is 5.96. The van der Waals surface area contributed by atoms with E-state index in [1.54, 1.807) is 0 Å². The van der Waals surface area contributed by atoms with Crippen LogP contribution in [-0.4, -0.2) is 37.3 Å². The minimum atomic E-state index is -0.384. The van der Waals surface area contributed by atoms with Crippen LogP contribution in [0.25, 0.3) is 0 Å². The Hall–Kier alpha value is -0.505. The Morgan fingerprint density at radius 2 is 2.06 bits per heavy atom. The average Bonchev–Trinajstić information content (AvgIpc) is 2.18. The van der Waals surface area contributed by atoms with E-state index < -0.39 is 0 Å². The summed E-state index contributed by atoms with van der Waals surface area (Å²) in [5.74, 6) is 0.580. The van der Waals surface area contributed by atoms with Crippen molar-refractivity contribution in [2.45, 2.75) is 56.4 Å². The van der Waals surface area contributed by atoms with E-state index in [9.17, 15) is 4.79 Å². The van der Waals surface area contributed by atoms with Crippen molar-refractivity contribution in [2.24, 2.45) is 11.7 Å². The van der Waals surface area contributed by atoms with Crippen LogP contribution in [0.5, 0.6) is 0 Å². The van der Waals surface area contributed by atoms with Crippen LogP contribution in [0, 0.1) is 5.92 Å². The van der Waals surface area contributed by atoms with E-state index in [4.69, 9.17) is 13.6 Å². The molecule has 2 N–H and O–H groups in total. The second kappa shape index (κ2) is 3.49. The lowest BCUT2D eigenvalue weighted by atomic mass is 9.47. The molecule has 2 rings (SSSR count). The van der Waals surface area contributed by atoms with Gasteiger partial charge in [0.05, 0.1) is 7.85 Å². The summed E-state index contributed by atoms with van der Waals surface area (Å²) in [6.45, 7) is 4.09. The van der Waals surface area contributed by atoms with Crippen molar-refractivity contribution in [3.63, 3.8) is 0 Å². The molecule has 0 aromatic carbocycles. The summed E-state index contributed by atoms with van der Waals surface area (Å²) in [5.41, 5.74) is 6.07. The molecule has 1 aliphatic heterocycles. The van der Waals surface area contributed by atoms with Gasteiger partial charge in [-0.3, -0.25) is 4.79 Å². The van der Waals surface area contributed by atoms with Gasteiger partial charge in [0.1, 0.15) is 0 Å². The molecular formula is C12H21BN2O. The fraction of sp³-hybridized carbons (Fsp3) is 0.917. The van der Waals surface area contributed by atoms with E-state index in [1.165, 1.54) is 0 Å². The number of amides is 1. The van der Waals surface area contributed by atoms with Crippen LogP contribution in [0.15, 0.2) is 0 Å². The van der Waals surface area contributed by atoms with Crippen molar-refractivity contribution in [1.29, 1.82) is 0 Å². The number of hydrogen-bond donors (Lipinski definition) is 1. The van der Waals surface area contributed by atoms with Crippen molar-refractivity contribution in [3.8, 4) is 0 Å². The Labute approximate surface area is 99.2 Å². The van der Waals surface area contributed by atoms with Crippen molar-refractivity contribution in [2.75, 3.05) is 7.05 Å². The van der Waals surface area contributed by atoms with Crippen molar-refractivity contribution in [1.82, 2.24) is 4.90 Å². The van der Waals surface area contributed by atoms with E-state index >= 15 is 0 Å². The fourth-order valence-electron chi connectivity index (χ4n) is 3.34. The van der Waals surface area contributed by atoms with Gasteiger partial charge in [-0.2, -0.15) is 0 Å². The van der Waals surface area contributed by atoms with E-state index in [2.05, 4.69) is 0 Å². The van der Waals surface area contributed by atoms with Crippen LogP contribution in [0.2, 0.25) is 5.31 Å². The smallest absolute Gasteiger partial charge is 0.222 e. The van der Waals surface area contributed by atoms with Gasteiger partial charge >= 0.3 is 0 Å². The zero-order valence-corrected chi connectivity index (χ0v) is 10.5. The van der Waals surface area contributed by atoms with E-state index in [0.29, 0.717) is 12.3 Å². The van der Waals surface area contributed by atoms with Gasteiger partial charge < -0.3 is 10.6 Å². The highest BCUT2D eigenvalue weighted by Crippen LogP contribution is 2.52. The highest BCUT2D eigenvalue weighted by molar-refractivity contribution is 6.16. The van der Waals surface area contributed by atoms with E-state index in [1.807, 2.05) is 25.8 Å². The molecule has 0 aromatic rings. The molecule has 1 aliphatic carbocycles. The zero-order valence-electron chi connectivity index (χ0n) is 10.5. The van der Waals surface area contributed by atoms with Gasteiger partial charge in [-0.05, 0) is 25.7 Å². The highest BCUT2D eigenvalue weighted by Gasteiger charge is 2.52. The lowest BCUT2D eigenvalue weighted by Crippen LogP contribution is -2.65. The molecule has 1 heterocycles. The van der Waals surface area contributed by atoms with Crippen LogP contribution in [0.4, 0.5) is 0 Å². The number of rotatable bonds is 0. The molecule has 4 heteroatoms. The fourth-order valence-corrected chi connectivity index (χ4v) is 3.34. The lowest BCUT2D eigenvalue weighted by molar-refractivity contribution is -0.140. The van der Waals surface area contributed by atoms with Gasteiger partial charge in [-0.15, -0.1) is 0 Å². The molecule has 2 radical (unpaired) electrons. The molecule has 4 unspecified atom stereocenters. The number of fused-ring (bicyclic) bond motifs is 1. The van der Waals surface area contributed by atoms with E-state index in [-0.39, 0.29) is 22.8 Å². The molecule has 2 aliphatic rings. The summed E-state index contributed by atoms with van der Waals surface area (Å²) >= 11 is 0. The lowest BCUT2D eigenvalue weighted by Gasteiger charge is -2.58. The maximum atomic E-state index is 11.7. The summed E-state index contributed by atoms with van der Waals surface area (Å²) < 4.78 is 0. The minimum absolute atomic E-state index is 0.248. The molecule has 1 amide bonds. The minimum Gasteiger partial charge on any atom is -0.342 e. The highest BCUT2D eigenvalue weighted by atomic mass is 16.2. The maximum absolute atomic E-state index is 11.7. The predicted molar refractivity (Wildman–Crippen MR) is 65.2 cm³/mol. The van der Waals surface area contributed by atoms with Crippen molar-refractivity contribution < 1.29 is 4.79 Å². The molecule has 0 bridgehead atoms. The average molecular weight is 220 g/mol. The third-order valence-corrected chi connectivity index (χ3v) is 4.98. The number of carbonyl (C=O) groups excluding carboxylic acids is 1. The largest absolute Gasteiger partial charge is 0.342 e. The molecular weight excluding hydrogens is 199 g/mol. The number of likely N-dealkylation sites (tertiary alicyclic amines) is 1. The maximum Gasteiger partial charge on any atom is 0.222 e. The molecule has 2 fully saturated rings. The van der Waals surface area contributed by atoms with Crippen molar-refractivity contribution in [3.05, 3.63) is 0 Å². The number of piperidine rings is 1. The second-order valence-electron chi connectivity index (χ2n) is 5.96. The number of hydrogen-bond acceptors (Lipinski definition) is 2. The van der Waals surface area contributed by atoms with Crippen molar-refractivity contribution >= 4 is 13.8 Å². The Bertz CT molecular complexity index is 314. The Morgan fingerprint density at radius 1 is 1.44 bits per heavy atom. The monoisotopic (exact) mass is 220 g/mol. The number of nitrogens with two attached hydrogens (primary N) is 1.